The number of furan rings is 1. The largest absolute Gasteiger partial charge is 0.466 e. The van der Waals surface area contributed by atoms with E-state index in [4.69, 9.17) is 13.9 Å². The average Bonchev–Trinajstić information content (AvgIpc) is 3.26. The van der Waals surface area contributed by atoms with Gasteiger partial charge < -0.3 is 24.5 Å². The van der Waals surface area contributed by atoms with Crippen LogP contribution in [0.4, 0.5) is 5.69 Å². The van der Waals surface area contributed by atoms with Crippen molar-refractivity contribution in [2.45, 2.75) is 26.7 Å². The van der Waals surface area contributed by atoms with E-state index in [0.29, 0.717) is 18.7 Å². The minimum Gasteiger partial charge on any atom is -0.466 e. The number of hydrogen-bond donors (Lipinski definition) is 2. The number of benzene rings is 1. The molecule has 9 heteroatoms. The van der Waals surface area contributed by atoms with Gasteiger partial charge in [0, 0.05) is 18.7 Å². The molecule has 0 unspecified atom stereocenters. The lowest BCUT2D eigenvalue weighted by Crippen LogP contribution is -2.30. The summed E-state index contributed by atoms with van der Waals surface area (Å²) in [5, 5.41) is 5.23. The minimum atomic E-state index is -0.704. The van der Waals surface area contributed by atoms with Crippen molar-refractivity contribution >= 4 is 29.4 Å². The zero-order valence-corrected chi connectivity index (χ0v) is 16.9. The van der Waals surface area contributed by atoms with Crippen molar-refractivity contribution in [3.63, 3.8) is 0 Å². The Morgan fingerprint density at radius 3 is 2.60 bits per heavy atom. The summed E-state index contributed by atoms with van der Waals surface area (Å²) in [7, 11) is 0. The highest BCUT2D eigenvalue weighted by atomic mass is 16.5. The number of carbonyl (C=O) groups excluding carboxylic acids is 4. The monoisotopic (exact) mass is 416 g/mol. The standard InChI is InChI=1S/C21H24N2O7/c1-3-28-19(25)7-4-10-22-18(24)13-30-21(27)15-9-8-14(2)16(12-15)23-20(26)17-6-5-11-29-17/h5-6,8-9,11-12H,3-4,7,10,13H2,1-2H3,(H,22,24)(H,23,26). The van der Waals surface area contributed by atoms with Gasteiger partial charge in [0.25, 0.3) is 11.8 Å². The molecule has 0 fully saturated rings. The second-order valence-electron chi connectivity index (χ2n) is 6.30. The Morgan fingerprint density at radius 2 is 1.90 bits per heavy atom. The first-order valence-electron chi connectivity index (χ1n) is 9.45. The van der Waals surface area contributed by atoms with E-state index in [9.17, 15) is 19.2 Å². The number of anilines is 1. The molecular formula is C21H24N2O7. The van der Waals surface area contributed by atoms with Gasteiger partial charge in [0.2, 0.25) is 0 Å². The van der Waals surface area contributed by atoms with Gasteiger partial charge >= 0.3 is 11.9 Å². The van der Waals surface area contributed by atoms with Crippen LogP contribution in [0.5, 0.6) is 0 Å². The number of amides is 2. The number of aryl methyl sites for hydroxylation is 1. The molecule has 0 aliphatic carbocycles. The van der Waals surface area contributed by atoms with E-state index in [1.54, 1.807) is 26.0 Å². The maximum absolute atomic E-state index is 12.2. The third-order valence-electron chi connectivity index (χ3n) is 3.99. The van der Waals surface area contributed by atoms with E-state index < -0.39 is 24.4 Å². The summed E-state index contributed by atoms with van der Waals surface area (Å²) >= 11 is 0. The number of ether oxygens (including phenoxy) is 2. The summed E-state index contributed by atoms with van der Waals surface area (Å²) in [4.78, 5) is 47.3. The van der Waals surface area contributed by atoms with Crippen molar-refractivity contribution in [3.8, 4) is 0 Å². The lowest BCUT2D eigenvalue weighted by molar-refractivity contribution is -0.143. The summed E-state index contributed by atoms with van der Waals surface area (Å²) < 4.78 is 14.8. The smallest absolute Gasteiger partial charge is 0.338 e. The zero-order valence-electron chi connectivity index (χ0n) is 16.9. The fourth-order valence-corrected chi connectivity index (χ4v) is 2.43. The molecular weight excluding hydrogens is 392 g/mol. The molecule has 0 bridgehead atoms. The van der Waals surface area contributed by atoms with Gasteiger partial charge in [-0.05, 0) is 50.1 Å². The number of carbonyl (C=O) groups is 4. The van der Waals surface area contributed by atoms with Gasteiger partial charge in [0.05, 0.1) is 18.4 Å². The van der Waals surface area contributed by atoms with Gasteiger partial charge in [-0.1, -0.05) is 6.07 Å². The lowest BCUT2D eigenvalue weighted by atomic mass is 10.1. The normalized spacial score (nSPS) is 10.2. The molecule has 1 aromatic heterocycles. The van der Waals surface area contributed by atoms with Gasteiger partial charge in [0.15, 0.2) is 12.4 Å². The SMILES string of the molecule is CCOC(=O)CCCNC(=O)COC(=O)c1ccc(C)c(NC(=O)c2ccco2)c1. The van der Waals surface area contributed by atoms with Crippen LogP contribution in [-0.4, -0.2) is 43.5 Å². The van der Waals surface area contributed by atoms with Gasteiger partial charge in [-0.25, -0.2) is 4.79 Å². The van der Waals surface area contributed by atoms with Crippen LogP contribution in [0.1, 0.15) is 46.2 Å². The molecule has 2 amide bonds. The zero-order chi connectivity index (χ0) is 21.9. The molecule has 0 atom stereocenters. The molecule has 2 rings (SSSR count). The fraction of sp³-hybridized carbons (Fsp3) is 0.333. The summed E-state index contributed by atoms with van der Waals surface area (Å²) in [6.07, 6.45) is 2.01. The molecule has 2 N–H and O–H groups in total. The molecule has 30 heavy (non-hydrogen) atoms. The molecule has 1 aromatic carbocycles. The Balaban J connectivity index is 1.81. The van der Waals surface area contributed by atoms with E-state index in [-0.39, 0.29) is 30.3 Å². The van der Waals surface area contributed by atoms with Crippen LogP contribution in [0.25, 0.3) is 0 Å². The first kappa shape index (κ1) is 22.7. The highest BCUT2D eigenvalue weighted by Crippen LogP contribution is 2.19. The van der Waals surface area contributed by atoms with Crippen molar-refractivity contribution in [2.75, 3.05) is 25.1 Å². The molecule has 160 valence electrons. The molecule has 0 saturated heterocycles. The predicted octanol–water partition coefficient (Wildman–Crippen LogP) is 2.46. The van der Waals surface area contributed by atoms with E-state index in [0.717, 1.165) is 5.56 Å². The maximum Gasteiger partial charge on any atom is 0.338 e. The predicted molar refractivity (Wildman–Crippen MR) is 107 cm³/mol. The van der Waals surface area contributed by atoms with E-state index in [1.165, 1.54) is 24.5 Å². The third kappa shape index (κ3) is 7.08. The summed E-state index contributed by atoms with van der Waals surface area (Å²) in [6.45, 7) is 3.62. The van der Waals surface area contributed by atoms with Crippen LogP contribution in [0, 0.1) is 6.92 Å². The van der Waals surface area contributed by atoms with Crippen LogP contribution in [-0.2, 0) is 19.1 Å². The second-order valence-corrected chi connectivity index (χ2v) is 6.30. The van der Waals surface area contributed by atoms with Crippen molar-refractivity contribution in [1.29, 1.82) is 0 Å². The van der Waals surface area contributed by atoms with Gasteiger partial charge in [-0.3, -0.25) is 14.4 Å². The van der Waals surface area contributed by atoms with Gasteiger partial charge in [-0.2, -0.15) is 0 Å². The number of hydrogen-bond acceptors (Lipinski definition) is 7. The Morgan fingerprint density at radius 1 is 1.10 bits per heavy atom. The van der Waals surface area contributed by atoms with E-state index in [1.807, 2.05) is 0 Å². The van der Waals surface area contributed by atoms with Gasteiger partial charge in [-0.15, -0.1) is 0 Å². The van der Waals surface area contributed by atoms with Gasteiger partial charge in [0.1, 0.15) is 0 Å². The summed E-state index contributed by atoms with van der Waals surface area (Å²) in [5.74, 6) is -1.82. The Hall–Kier alpha value is -3.62. The first-order valence-corrected chi connectivity index (χ1v) is 9.45. The molecule has 0 aliphatic rings. The summed E-state index contributed by atoms with van der Waals surface area (Å²) in [5.41, 5.74) is 1.35. The van der Waals surface area contributed by atoms with Crippen LogP contribution < -0.4 is 10.6 Å². The van der Waals surface area contributed by atoms with Crippen molar-refractivity contribution in [1.82, 2.24) is 5.32 Å². The van der Waals surface area contributed by atoms with Crippen LogP contribution in [0.15, 0.2) is 41.0 Å². The maximum atomic E-state index is 12.2. The van der Waals surface area contributed by atoms with Crippen molar-refractivity contribution in [3.05, 3.63) is 53.5 Å². The Labute approximate surface area is 173 Å². The van der Waals surface area contributed by atoms with Crippen LogP contribution in [0.2, 0.25) is 0 Å². The number of esters is 2. The first-order chi connectivity index (χ1) is 14.4. The minimum absolute atomic E-state index is 0.141. The summed E-state index contributed by atoms with van der Waals surface area (Å²) in [6, 6.07) is 7.78. The Kier molecular flexibility index (Phi) is 8.61. The highest BCUT2D eigenvalue weighted by Gasteiger charge is 2.15. The molecule has 2 aromatic rings. The van der Waals surface area contributed by atoms with E-state index in [2.05, 4.69) is 10.6 Å². The van der Waals surface area contributed by atoms with Crippen molar-refractivity contribution in [2.24, 2.45) is 0 Å². The van der Waals surface area contributed by atoms with Crippen molar-refractivity contribution < 1.29 is 33.1 Å². The number of nitrogens with one attached hydrogen (secondary N) is 2. The second kappa shape index (κ2) is 11.4. The lowest BCUT2D eigenvalue weighted by Gasteiger charge is -2.10. The molecule has 0 spiro atoms. The highest BCUT2D eigenvalue weighted by molar-refractivity contribution is 6.03. The van der Waals surface area contributed by atoms with Crippen LogP contribution >= 0.6 is 0 Å². The van der Waals surface area contributed by atoms with Crippen LogP contribution in [0.3, 0.4) is 0 Å². The average molecular weight is 416 g/mol. The Bertz CT molecular complexity index is 891. The molecule has 0 aliphatic heterocycles. The molecule has 0 radical (unpaired) electrons. The molecule has 0 saturated carbocycles. The fourth-order valence-electron chi connectivity index (χ4n) is 2.43. The molecule has 9 nitrogen and oxygen atoms in total. The number of rotatable bonds is 10. The third-order valence-corrected chi connectivity index (χ3v) is 3.99. The van der Waals surface area contributed by atoms with E-state index >= 15 is 0 Å². The topological polar surface area (TPSA) is 124 Å². The quantitative estimate of drug-likeness (QED) is 0.450. The molecule has 1 heterocycles.